The molecular formula is C20H28O6. The summed E-state index contributed by atoms with van der Waals surface area (Å²) < 4.78 is 0. The van der Waals surface area contributed by atoms with E-state index in [1.165, 1.54) is 24.3 Å². The Kier molecular flexibility index (Phi) is 8.75. The lowest BCUT2D eigenvalue weighted by molar-refractivity contribution is 0.165. The van der Waals surface area contributed by atoms with Crippen LogP contribution >= 0.6 is 0 Å². The third kappa shape index (κ3) is 6.46. The number of phenolic OH excluding ortho intramolecular Hbond substituents is 4. The van der Waals surface area contributed by atoms with Crippen LogP contribution in [0.15, 0.2) is 36.4 Å². The minimum atomic E-state index is -0.559. The van der Waals surface area contributed by atoms with Crippen molar-refractivity contribution in [2.45, 2.75) is 51.7 Å². The van der Waals surface area contributed by atoms with Crippen molar-refractivity contribution in [3.8, 4) is 23.0 Å². The molecule has 0 fully saturated rings. The van der Waals surface area contributed by atoms with Crippen molar-refractivity contribution >= 4 is 0 Å². The largest absolute Gasteiger partial charge is 0.504 e. The first-order valence-electron chi connectivity index (χ1n) is 8.69. The summed E-state index contributed by atoms with van der Waals surface area (Å²) >= 11 is 0. The molecule has 0 aromatic heterocycles. The van der Waals surface area contributed by atoms with Gasteiger partial charge in [-0.3, -0.25) is 0 Å². The highest BCUT2D eigenvalue weighted by Crippen LogP contribution is 2.30. The van der Waals surface area contributed by atoms with E-state index in [0.29, 0.717) is 24.0 Å². The van der Waals surface area contributed by atoms with Crippen molar-refractivity contribution in [1.29, 1.82) is 0 Å². The van der Waals surface area contributed by atoms with E-state index in [1.807, 2.05) is 13.8 Å². The smallest absolute Gasteiger partial charge is 0.157 e. The van der Waals surface area contributed by atoms with E-state index >= 15 is 0 Å². The summed E-state index contributed by atoms with van der Waals surface area (Å²) in [5, 5.41) is 55.4. The Labute approximate surface area is 153 Å². The Morgan fingerprint density at radius 2 is 0.962 bits per heavy atom. The van der Waals surface area contributed by atoms with Crippen molar-refractivity contribution in [1.82, 2.24) is 0 Å². The Morgan fingerprint density at radius 3 is 1.23 bits per heavy atom. The predicted octanol–water partition coefficient (Wildman–Crippen LogP) is 3.86. The third-order valence-electron chi connectivity index (χ3n) is 3.89. The summed E-state index contributed by atoms with van der Waals surface area (Å²) in [6.07, 6.45) is 1.95. The lowest BCUT2D eigenvalue weighted by atomic mass is 10.0. The summed E-state index contributed by atoms with van der Waals surface area (Å²) in [5.74, 6) is -0.694. The van der Waals surface area contributed by atoms with Crippen LogP contribution in [0.4, 0.5) is 0 Å². The van der Waals surface area contributed by atoms with E-state index < -0.39 is 12.2 Å². The van der Waals surface area contributed by atoms with Crippen LogP contribution in [0.25, 0.3) is 0 Å². The fraction of sp³-hybridized carbons (Fsp3) is 0.400. The molecule has 0 aliphatic carbocycles. The van der Waals surface area contributed by atoms with Gasteiger partial charge in [0.1, 0.15) is 0 Å². The number of aliphatic hydroxyl groups is 2. The van der Waals surface area contributed by atoms with E-state index in [4.69, 9.17) is 20.4 Å². The second-order valence-electron chi connectivity index (χ2n) is 6.11. The van der Waals surface area contributed by atoms with Gasteiger partial charge in [0.2, 0.25) is 0 Å². The lowest BCUT2D eigenvalue weighted by Crippen LogP contribution is -1.95. The molecule has 144 valence electrons. The average Bonchev–Trinajstić information content (AvgIpc) is 2.60. The van der Waals surface area contributed by atoms with Crippen molar-refractivity contribution in [3.05, 3.63) is 47.5 Å². The molecule has 0 aliphatic rings. The van der Waals surface area contributed by atoms with Crippen LogP contribution in [0.1, 0.15) is 62.9 Å². The van der Waals surface area contributed by atoms with E-state index in [-0.39, 0.29) is 23.0 Å². The van der Waals surface area contributed by atoms with Gasteiger partial charge in [-0.25, -0.2) is 0 Å². The normalized spacial score (nSPS) is 12.8. The van der Waals surface area contributed by atoms with Crippen LogP contribution in [-0.2, 0) is 0 Å². The zero-order valence-electron chi connectivity index (χ0n) is 15.1. The molecule has 6 N–H and O–H groups in total. The number of aromatic hydroxyl groups is 4. The van der Waals surface area contributed by atoms with Gasteiger partial charge in [-0.1, -0.05) is 38.8 Å². The third-order valence-corrected chi connectivity index (χ3v) is 3.89. The maximum atomic E-state index is 9.54. The van der Waals surface area contributed by atoms with Gasteiger partial charge in [-0.05, 0) is 48.2 Å². The molecule has 0 saturated carbocycles. The van der Waals surface area contributed by atoms with Crippen molar-refractivity contribution in [2.75, 3.05) is 0 Å². The summed E-state index contributed by atoms with van der Waals surface area (Å²) in [6, 6.07) is 8.74. The van der Waals surface area contributed by atoms with E-state index in [9.17, 15) is 10.2 Å². The fourth-order valence-corrected chi connectivity index (χ4v) is 2.38. The zero-order valence-corrected chi connectivity index (χ0v) is 15.1. The molecule has 0 spiro atoms. The highest BCUT2D eigenvalue weighted by atomic mass is 16.3. The van der Waals surface area contributed by atoms with Gasteiger partial charge in [0.15, 0.2) is 23.0 Å². The van der Waals surface area contributed by atoms with Crippen LogP contribution in [-0.4, -0.2) is 30.6 Å². The Hall–Kier alpha value is -2.44. The average molecular weight is 364 g/mol. The van der Waals surface area contributed by atoms with Crippen molar-refractivity contribution in [2.24, 2.45) is 0 Å². The summed E-state index contributed by atoms with van der Waals surface area (Å²) in [7, 11) is 0. The van der Waals surface area contributed by atoms with Gasteiger partial charge in [-0.15, -0.1) is 0 Å². The molecule has 6 nitrogen and oxygen atoms in total. The van der Waals surface area contributed by atoms with Gasteiger partial charge in [0, 0.05) is 0 Å². The number of phenols is 4. The van der Waals surface area contributed by atoms with E-state index in [2.05, 4.69) is 0 Å². The monoisotopic (exact) mass is 364 g/mol. The Morgan fingerprint density at radius 1 is 0.615 bits per heavy atom. The van der Waals surface area contributed by atoms with Crippen LogP contribution < -0.4 is 0 Å². The number of aliphatic hydroxyl groups excluding tert-OH is 2. The predicted molar refractivity (Wildman–Crippen MR) is 99.3 cm³/mol. The quantitative estimate of drug-likeness (QED) is 0.433. The maximum absolute atomic E-state index is 9.54. The van der Waals surface area contributed by atoms with Crippen molar-refractivity contribution in [3.63, 3.8) is 0 Å². The van der Waals surface area contributed by atoms with Crippen LogP contribution in [0, 0.1) is 0 Å². The van der Waals surface area contributed by atoms with Crippen LogP contribution in [0.5, 0.6) is 23.0 Å². The summed E-state index contributed by atoms with van der Waals surface area (Å²) in [4.78, 5) is 0. The molecule has 0 aliphatic heterocycles. The molecule has 0 bridgehead atoms. The summed E-state index contributed by atoms with van der Waals surface area (Å²) in [5.41, 5.74) is 1.27. The van der Waals surface area contributed by atoms with E-state index in [1.54, 1.807) is 12.1 Å². The molecular weight excluding hydrogens is 336 g/mol. The molecule has 2 rings (SSSR count). The first-order chi connectivity index (χ1) is 12.3. The molecule has 6 heteroatoms. The second-order valence-corrected chi connectivity index (χ2v) is 6.11. The Balaban J connectivity index is 0.000000260. The molecule has 2 atom stereocenters. The molecule has 0 heterocycles. The molecule has 0 radical (unpaired) electrons. The summed E-state index contributed by atoms with van der Waals surface area (Å²) in [6.45, 7) is 3.95. The number of hydrogen-bond donors (Lipinski definition) is 6. The maximum Gasteiger partial charge on any atom is 0.157 e. The minimum Gasteiger partial charge on any atom is -0.504 e. The highest BCUT2D eigenvalue weighted by Gasteiger charge is 2.09. The van der Waals surface area contributed by atoms with Gasteiger partial charge in [0.05, 0.1) is 12.2 Å². The van der Waals surface area contributed by atoms with Crippen LogP contribution in [0.3, 0.4) is 0 Å². The topological polar surface area (TPSA) is 121 Å². The van der Waals surface area contributed by atoms with Crippen molar-refractivity contribution < 1.29 is 30.6 Å². The SMILES string of the molecule is CCCC(O)c1ccc(O)c(O)c1.CCC[C@@H](O)c1ccc(O)c(O)c1. The van der Waals surface area contributed by atoms with Crippen LogP contribution in [0.2, 0.25) is 0 Å². The van der Waals surface area contributed by atoms with Gasteiger partial charge < -0.3 is 30.6 Å². The molecule has 2 aromatic rings. The fourth-order valence-electron chi connectivity index (χ4n) is 2.38. The number of benzene rings is 2. The van der Waals surface area contributed by atoms with Gasteiger partial charge >= 0.3 is 0 Å². The lowest BCUT2D eigenvalue weighted by Gasteiger charge is -2.09. The number of rotatable bonds is 6. The minimum absolute atomic E-state index is 0.160. The second kappa shape index (κ2) is 10.5. The van der Waals surface area contributed by atoms with E-state index in [0.717, 1.165) is 12.8 Å². The molecule has 1 unspecified atom stereocenters. The van der Waals surface area contributed by atoms with Gasteiger partial charge in [0.25, 0.3) is 0 Å². The standard InChI is InChI=1S/2C10H14O3/c2*1-2-3-8(11)7-4-5-9(12)10(13)6-7/h2*4-6,8,11-13H,2-3H2,1H3/t8-;/m1./s1. The molecule has 0 saturated heterocycles. The zero-order chi connectivity index (χ0) is 19.7. The Bertz CT molecular complexity index is 626. The first kappa shape index (κ1) is 21.6. The first-order valence-corrected chi connectivity index (χ1v) is 8.69. The molecule has 0 amide bonds. The molecule has 26 heavy (non-hydrogen) atoms. The number of hydrogen-bond acceptors (Lipinski definition) is 6. The highest BCUT2D eigenvalue weighted by molar-refractivity contribution is 5.41. The van der Waals surface area contributed by atoms with Gasteiger partial charge in [-0.2, -0.15) is 0 Å². The molecule has 2 aromatic carbocycles.